The number of nitrogens with one attached hydrogen (secondary N) is 1. The molecule has 0 aromatic carbocycles. The summed E-state index contributed by atoms with van der Waals surface area (Å²) in [6.45, 7) is 5.46. The summed E-state index contributed by atoms with van der Waals surface area (Å²) >= 11 is 18.0. The molecule has 112 valence electrons. The van der Waals surface area contributed by atoms with Gasteiger partial charge in [0.25, 0.3) is 0 Å². The van der Waals surface area contributed by atoms with E-state index in [1.165, 1.54) is 32.1 Å². The highest BCUT2D eigenvalue weighted by molar-refractivity contribution is 6.42. The van der Waals surface area contributed by atoms with Gasteiger partial charge < -0.3 is 5.32 Å². The van der Waals surface area contributed by atoms with E-state index in [1.807, 2.05) is 0 Å². The van der Waals surface area contributed by atoms with Crippen LogP contribution >= 0.6 is 34.8 Å². The van der Waals surface area contributed by atoms with E-state index in [2.05, 4.69) is 24.1 Å². The average Bonchev–Trinajstić information content (AvgIpc) is 2.80. The Morgan fingerprint density at radius 3 is 2.45 bits per heavy atom. The van der Waals surface area contributed by atoms with Crippen LogP contribution in [0.4, 0.5) is 5.82 Å². The largest absolute Gasteiger partial charge is 0.368 e. The van der Waals surface area contributed by atoms with Crippen molar-refractivity contribution in [1.82, 2.24) is 4.98 Å². The maximum atomic E-state index is 6.17. The van der Waals surface area contributed by atoms with Gasteiger partial charge in [-0.2, -0.15) is 0 Å². The standard InChI is InChI=1S/C15H21Cl3N2/c1-10(2)8-15(5-3-4-6-15)9-19-14-12(17)7-11(16)13(18)20-14/h7,10H,3-6,8-9H2,1-2H3,(H,19,20). The Bertz CT molecular complexity index is 468. The maximum Gasteiger partial charge on any atom is 0.150 e. The fourth-order valence-electron chi connectivity index (χ4n) is 3.28. The van der Waals surface area contributed by atoms with Crippen LogP contribution in [-0.4, -0.2) is 11.5 Å². The molecule has 1 saturated carbocycles. The van der Waals surface area contributed by atoms with Crippen molar-refractivity contribution in [2.24, 2.45) is 11.3 Å². The zero-order valence-electron chi connectivity index (χ0n) is 12.0. The molecule has 0 aliphatic heterocycles. The Morgan fingerprint density at radius 2 is 1.85 bits per heavy atom. The molecule has 5 heteroatoms. The number of hydrogen-bond acceptors (Lipinski definition) is 2. The molecule has 0 amide bonds. The minimum atomic E-state index is 0.294. The number of pyridine rings is 1. The predicted molar refractivity (Wildman–Crippen MR) is 88.1 cm³/mol. The van der Waals surface area contributed by atoms with Crippen LogP contribution in [0.5, 0.6) is 0 Å². The lowest BCUT2D eigenvalue weighted by atomic mass is 9.78. The van der Waals surface area contributed by atoms with Crippen LogP contribution in [0.2, 0.25) is 15.2 Å². The molecule has 0 spiro atoms. The average molecular weight is 336 g/mol. The summed E-state index contributed by atoms with van der Waals surface area (Å²) in [7, 11) is 0. The van der Waals surface area contributed by atoms with E-state index in [-0.39, 0.29) is 0 Å². The van der Waals surface area contributed by atoms with E-state index < -0.39 is 0 Å². The van der Waals surface area contributed by atoms with E-state index >= 15 is 0 Å². The number of rotatable bonds is 5. The van der Waals surface area contributed by atoms with Gasteiger partial charge in [-0.3, -0.25) is 0 Å². The lowest BCUT2D eigenvalue weighted by Gasteiger charge is -2.31. The van der Waals surface area contributed by atoms with Gasteiger partial charge in [0.15, 0.2) is 0 Å². The van der Waals surface area contributed by atoms with Gasteiger partial charge >= 0.3 is 0 Å². The van der Waals surface area contributed by atoms with Crippen molar-refractivity contribution in [3.8, 4) is 0 Å². The predicted octanol–water partition coefficient (Wildman–Crippen LogP) is 6.06. The van der Waals surface area contributed by atoms with Crippen LogP contribution in [0.15, 0.2) is 6.07 Å². The Labute approximate surface area is 136 Å². The van der Waals surface area contributed by atoms with Crippen LogP contribution in [0, 0.1) is 11.3 Å². The van der Waals surface area contributed by atoms with Crippen molar-refractivity contribution in [3.05, 3.63) is 21.3 Å². The minimum Gasteiger partial charge on any atom is -0.368 e. The molecule has 1 heterocycles. The Morgan fingerprint density at radius 1 is 1.20 bits per heavy atom. The SMILES string of the molecule is CC(C)CC1(CNc2nc(Cl)c(Cl)cc2Cl)CCCC1. The summed E-state index contributed by atoms with van der Waals surface area (Å²) in [6.07, 6.45) is 6.42. The van der Waals surface area contributed by atoms with Crippen molar-refractivity contribution in [2.45, 2.75) is 46.0 Å². The minimum absolute atomic E-state index is 0.294. The second-order valence-corrected chi connectivity index (χ2v) is 7.42. The first-order chi connectivity index (χ1) is 9.42. The Balaban J connectivity index is 2.08. The number of halogens is 3. The van der Waals surface area contributed by atoms with Gasteiger partial charge in [0.05, 0.1) is 10.0 Å². The number of anilines is 1. The molecule has 0 radical (unpaired) electrons. The molecule has 1 fully saturated rings. The first kappa shape index (κ1) is 16.2. The first-order valence-corrected chi connectivity index (χ1v) is 8.31. The lowest BCUT2D eigenvalue weighted by Crippen LogP contribution is -2.28. The number of hydrogen-bond donors (Lipinski definition) is 1. The molecule has 1 aromatic rings. The second-order valence-electron chi connectivity index (χ2n) is 6.25. The molecule has 1 aromatic heterocycles. The van der Waals surface area contributed by atoms with E-state index in [1.54, 1.807) is 6.07 Å². The zero-order valence-corrected chi connectivity index (χ0v) is 14.2. The molecule has 1 N–H and O–H groups in total. The van der Waals surface area contributed by atoms with Crippen LogP contribution in [-0.2, 0) is 0 Å². The molecule has 2 nitrogen and oxygen atoms in total. The third-order valence-corrected chi connectivity index (χ3v) is 4.98. The van der Waals surface area contributed by atoms with Crippen LogP contribution in [0.25, 0.3) is 0 Å². The monoisotopic (exact) mass is 334 g/mol. The van der Waals surface area contributed by atoms with Crippen molar-refractivity contribution >= 4 is 40.6 Å². The van der Waals surface area contributed by atoms with E-state index in [4.69, 9.17) is 34.8 Å². The lowest BCUT2D eigenvalue weighted by molar-refractivity contribution is 0.252. The third-order valence-electron chi connectivity index (χ3n) is 4.02. The highest BCUT2D eigenvalue weighted by atomic mass is 35.5. The van der Waals surface area contributed by atoms with Gasteiger partial charge in [0, 0.05) is 6.54 Å². The summed E-state index contributed by atoms with van der Waals surface area (Å²) in [6, 6.07) is 1.64. The van der Waals surface area contributed by atoms with E-state index in [0.29, 0.717) is 32.3 Å². The van der Waals surface area contributed by atoms with Crippen molar-refractivity contribution in [2.75, 3.05) is 11.9 Å². The highest BCUT2D eigenvalue weighted by Gasteiger charge is 2.34. The molecule has 0 saturated heterocycles. The molecule has 20 heavy (non-hydrogen) atoms. The van der Waals surface area contributed by atoms with Crippen LogP contribution < -0.4 is 5.32 Å². The second kappa shape index (κ2) is 6.72. The molecule has 1 aliphatic carbocycles. The maximum absolute atomic E-state index is 6.17. The summed E-state index contributed by atoms with van der Waals surface area (Å²) < 4.78 is 0. The zero-order chi connectivity index (χ0) is 14.8. The summed E-state index contributed by atoms with van der Waals surface area (Å²) in [5.74, 6) is 1.34. The molecular formula is C15H21Cl3N2. The Kier molecular flexibility index (Phi) is 5.44. The topological polar surface area (TPSA) is 24.9 Å². The van der Waals surface area contributed by atoms with Crippen LogP contribution in [0.1, 0.15) is 46.0 Å². The van der Waals surface area contributed by atoms with Crippen LogP contribution in [0.3, 0.4) is 0 Å². The number of nitrogens with zero attached hydrogens (tertiary/aromatic N) is 1. The van der Waals surface area contributed by atoms with E-state index in [9.17, 15) is 0 Å². The van der Waals surface area contributed by atoms with Gasteiger partial charge in [-0.25, -0.2) is 4.98 Å². The molecular weight excluding hydrogens is 315 g/mol. The first-order valence-electron chi connectivity index (χ1n) is 7.17. The van der Waals surface area contributed by atoms with Gasteiger partial charge in [-0.1, -0.05) is 61.5 Å². The fraction of sp³-hybridized carbons (Fsp3) is 0.667. The van der Waals surface area contributed by atoms with Gasteiger partial charge in [-0.15, -0.1) is 0 Å². The highest BCUT2D eigenvalue weighted by Crippen LogP contribution is 2.43. The molecule has 2 rings (SSSR count). The summed E-state index contributed by atoms with van der Waals surface area (Å²) in [5.41, 5.74) is 0.366. The summed E-state index contributed by atoms with van der Waals surface area (Å²) in [4.78, 5) is 4.23. The number of aromatic nitrogens is 1. The van der Waals surface area contributed by atoms with Crippen molar-refractivity contribution in [1.29, 1.82) is 0 Å². The van der Waals surface area contributed by atoms with Gasteiger partial charge in [0.2, 0.25) is 0 Å². The van der Waals surface area contributed by atoms with Crippen molar-refractivity contribution < 1.29 is 0 Å². The fourth-order valence-corrected chi connectivity index (χ4v) is 3.85. The smallest absolute Gasteiger partial charge is 0.150 e. The quantitative estimate of drug-likeness (QED) is 0.661. The third kappa shape index (κ3) is 3.93. The molecule has 0 unspecified atom stereocenters. The molecule has 0 atom stereocenters. The van der Waals surface area contributed by atoms with Gasteiger partial charge in [-0.05, 0) is 36.7 Å². The molecule has 0 bridgehead atoms. The Hall–Kier alpha value is -0.180. The van der Waals surface area contributed by atoms with E-state index in [0.717, 1.165) is 6.54 Å². The molecule has 1 aliphatic rings. The van der Waals surface area contributed by atoms with Gasteiger partial charge in [0.1, 0.15) is 11.0 Å². The normalized spacial score (nSPS) is 17.7. The summed E-state index contributed by atoms with van der Waals surface area (Å²) in [5, 5.41) is 4.59. The van der Waals surface area contributed by atoms with Crippen molar-refractivity contribution in [3.63, 3.8) is 0 Å².